The SMILES string of the molecule is C/C(=C/c1ccc(-c2ccc(Br)cc2)o1)[N+](=O)[O-]. The zero-order chi connectivity index (χ0) is 13.1. The van der Waals surface area contributed by atoms with E-state index in [9.17, 15) is 10.1 Å². The van der Waals surface area contributed by atoms with Crippen molar-refractivity contribution >= 4 is 22.0 Å². The van der Waals surface area contributed by atoms with Gasteiger partial charge >= 0.3 is 0 Å². The van der Waals surface area contributed by atoms with E-state index in [2.05, 4.69) is 15.9 Å². The largest absolute Gasteiger partial charge is 0.456 e. The first kappa shape index (κ1) is 12.6. The molecule has 0 amide bonds. The summed E-state index contributed by atoms with van der Waals surface area (Å²) in [5.41, 5.74) is 0.975. The first-order chi connectivity index (χ1) is 8.56. The third-order valence-corrected chi connectivity index (χ3v) is 2.92. The van der Waals surface area contributed by atoms with Gasteiger partial charge in [0.25, 0.3) is 0 Å². The van der Waals surface area contributed by atoms with Crippen LogP contribution in [0.15, 0.2) is 51.0 Å². The molecule has 18 heavy (non-hydrogen) atoms. The van der Waals surface area contributed by atoms with E-state index in [1.807, 2.05) is 24.3 Å². The van der Waals surface area contributed by atoms with Gasteiger partial charge in [-0.2, -0.15) is 0 Å². The maximum atomic E-state index is 10.5. The number of rotatable bonds is 3. The third-order valence-electron chi connectivity index (χ3n) is 2.39. The molecule has 0 fully saturated rings. The molecule has 0 bridgehead atoms. The fraction of sp³-hybridized carbons (Fsp3) is 0.0769. The average molecular weight is 308 g/mol. The van der Waals surface area contributed by atoms with Crippen molar-refractivity contribution in [1.29, 1.82) is 0 Å². The molecule has 0 N–H and O–H groups in total. The van der Waals surface area contributed by atoms with E-state index >= 15 is 0 Å². The van der Waals surface area contributed by atoms with Crippen molar-refractivity contribution in [2.45, 2.75) is 6.92 Å². The van der Waals surface area contributed by atoms with Crippen molar-refractivity contribution in [2.24, 2.45) is 0 Å². The molecule has 0 saturated carbocycles. The zero-order valence-electron chi connectivity index (χ0n) is 9.59. The molecule has 0 unspecified atom stereocenters. The molecule has 2 aromatic rings. The highest BCUT2D eigenvalue weighted by molar-refractivity contribution is 9.10. The van der Waals surface area contributed by atoms with E-state index in [4.69, 9.17) is 4.42 Å². The molecule has 1 aromatic heterocycles. The summed E-state index contributed by atoms with van der Waals surface area (Å²) in [7, 11) is 0. The Morgan fingerprint density at radius 2 is 1.94 bits per heavy atom. The minimum atomic E-state index is -0.443. The van der Waals surface area contributed by atoms with Crippen molar-refractivity contribution in [3.8, 4) is 11.3 Å². The third kappa shape index (κ3) is 2.87. The van der Waals surface area contributed by atoms with Gasteiger partial charge in [-0.25, -0.2) is 0 Å². The van der Waals surface area contributed by atoms with Crippen LogP contribution in [0.5, 0.6) is 0 Å². The fourth-order valence-electron chi connectivity index (χ4n) is 1.46. The van der Waals surface area contributed by atoms with Crippen LogP contribution >= 0.6 is 15.9 Å². The number of furan rings is 1. The van der Waals surface area contributed by atoms with Gasteiger partial charge in [0.05, 0.1) is 11.0 Å². The fourth-order valence-corrected chi connectivity index (χ4v) is 1.72. The number of nitro groups is 1. The molecule has 0 spiro atoms. The van der Waals surface area contributed by atoms with Crippen LogP contribution in [0.3, 0.4) is 0 Å². The zero-order valence-corrected chi connectivity index (χ0v) is 11.2. The van der Waals surface area contributed by atoms with Crippen LogP contribution in [0.25, 0.3) is 17.4 Å². The minimum absolute atomic E-state index is 0.0479. The van der Waals surface area contributed by atoms with Gasteiger partial charge in [-0.05, 0) is 24.3 Å². The lowest BCUT2D eigenvalue weighted by molar-refractivity contribution is -0.422. The molecular weight excluding hydrogens is 298 g/mol. The molecule has 0 radical (unpaired) electrons. The first-order valence-electron chi connectivity index (χ1n) is 5.25. The van der Waals surface area contributed by atoms with E-state index in [-0.39, 0.29) is 5.70 Å². The lowest BCUT2D eigenvalue weighted by atomic mass is 10.2. The number of halogens is 1. The Bertz CT molecular complexity index is 599. The van der Waals surface area contributed by atoms with Crippen LogP contribution in [0, 0.1) is 10.1 Å². The standard InChI is InChI=1S/C13H10BrNO3/c1-9(15(16)17)8-12-6-7-13(18-12)10-2-4-11(14)5-3-10/h2-8H,1H3/b9-8-. The number of hydrogen-bond acceptors (Lipinski definition) is 3. The number of benzene rings is 1. The van der Waals surface area contributed by atoms with Crippen molar-refractivity contribution in [2.75, 3.05) is 0 Å². The highest BCUT2D eigenvalue weighted by Crippen LogP contribution is 2.24. The van der Waals surface area contributed by atoms with Crippen molar-refractivity contribution < 1.29 is 9.34 Å². The van der Waals surface area contributed by atoms with E-state index in [0.717, 1.165) is 10.0 Å². The lowest BCUT2D eigenvalue weighted by Crippen LogP contribution is -1.92. The summed E-state index contributed by atoms with van der Waals surface area (Å²) in [5, 5.41) is 10.5. The summed E-state index contributed by atoms with van der Waals surface area (Å²) < 4.78 is 6.52. The number of hydrogen-bond donors (Lipinski definition) is 0. The lowest BCUT2D eigenvalue weighted by Gasteiger charge is -1.96. The Kier molecular flexibility index (Phi) is 3.62. The van der Waals surface area contributed by atoms with E-state index in [1.54, 1.807) is 12.1 Å². The molecule has 92 valence electrons. The highest BCUT2D eigenvalue weighted by Gasteiger charge is 2.07. The van der Waals surface area contributed by atoms with Crippen LogP contribution in [0.4, 0.5) is 0 Å². The van der Waals surface area contributed by atoms with Crippen LogP contribution < -0.4 is 0 Å². The maximum Gasteiger partial charge on any atom is 0.246 e. The van der Waals surface area contributed by atoms with Gasteiger partial charge in [0.15, 0.2) is 0 Å². The van der Waals surface area contributed by atoms with Crippen LogP contribution in [-0.4, -0.2) is 4.92 Å². The Morgan fingerprint density at radius 1 is 1.28 bits per heavy atom. The Hall–Kier alpha value is -1.88. The molecular formula is C13H10BrNO3. The second-order valence-corrected chi connectivity index (χ2v) is 4.67. The van der Waals surface area contributed by atoms with E-state index < -0.39 is 4.92 Å². The monoisotopic (exact) mass is 307 g/mol. The Labute approximate surface area is 112 Å². The molecule has 0 aliphatic rings. The van der Waals surface area contributed by atoms with Gasteiger partial charge in [-0.1, -0.05) is 28.1 Å². The van der Waals surface area contributed by atoms with Gasteiger partial charge in [-0.3, -0.25) is 10.1 Å². The molecule has 0 aliphatic carbocycles. The smallest absolute Gasteiger partial charge is 0.246 e. The second kappa shape index (κ2) is 5.18. The molecule has 0 aliphatic heterocycles. The summed E-state index contributed by atoms with van der Waals surface area (Å²) in [5.74, 6) is 1.16. The number of nitrogens with zero attached hydrogens (tertiary/aromatic N) is 1. The predicted molar refractivity (Wildman–Crippen MR) is 72.5 cm³/mol. The Balaban J connectivity index is 2.28. The van der Waals surface area contributed by atoms with E-state index in [0.29, 0.717) is 11.5 Å². The highest BCUT2D eigenvalue weighted by atomic mass is 79.9. The van der Waals surface area contributed by atoms with E-state index in [1.165, 1.54) is 13.0 Å². The van der Waals surface area contributed by atoms with Gasteiger partial charge in [0, 0.05) is 17.0 Å². The quantitative estimate of drug-likeness (QED) is 0.626. The topological polar surface area (TPSA) is 56.3 Å². The summed E-state index contributed by atoms with van der Waals surface area (Å²) in [6, 6.07) is 11.2. The van der Waals surface area contributed by atoms with Crippen molar-refractivity contribution in [1.82, 2.24) is 0 Å². The predicted octanol–water partition coefficient (Wildman–Crippen LogP) is 4.35. The summed E-state index contributed by atoms with van der Waals surface area (Å²) in [4.78, 5) is 10.1. The van der Waals surface area contributed by atoms with Crippen LogP contribution in [-0.2, 0) is 0 Å². The maximum absolute atomic E-state index is 10.5. The molecule has 1 aromatic carbocycles. The second-order valence-electron chi connectivity index (χ2n) is 3.75. The molecule has 1 heterocycles. The van der Waals surface area contributed by atoms with Gasteiger partial charge in [0.2, 0.25) is 5.70 Å². The number of allylic oxidation sites excluding steroid dienone is 1. The first-order valence-corrected chi connectivity index (χ1v) is 6.04. The average Bonchev–Trinajstić information content (AvgIpc) is 2.78. The molecule has 2 rings (SSSR count). The molecule has 5 heteroatoms. The van der Waals surface area contributed by atoms with Gasteiger partial charge in [0.1, 0.15) is 11.5 Å². The Morgan fingerprint density at radius 3 is 2.56 bits per heavy atom. The summed E-state index contributed by atoms with van der Waals surface area (Å²) >= 11 is 3.36. The summed E-state index contributed by atoms with van der Waals surface area (Å²) in [6.07, 6.45) is 1.41. The van der Waals surface area contributed by atoms with Crippen molar-refractivity contribution in [3.63, 3.8) is 0 Å². The summed E-state index contributed by atoms with van der Waals surface area (Å²) in [6.45, 7) is 1.43. The van der Waals surface area contributed by atoms with Gasteiger partial charge in [-0.15, -0.1) is 0 Å². The molecule has 0 saturated heterocycles. The normalized spacial score (nSPS) is 11.6. The van der Waals surface area contributed by atoms with Crippen LogP contribution in [0.1, 0.15) is 12.7 Å². The molecule has 4 nitrogen and oxygen atoms in total. The van der Waals surface area contributed by atoms with Crippen molar-refractivity contribution in [3.05, 3.63) is 62.4 Å². The molecule has 0 atom stereocenters. The minimum Gasteiger partial charge on any atom is -0.456 e. The van der Waals surface area contributed by atoms with Crippen LogP contribution in [0.2, 0.25) is 0 Å². The van der Waals surface area contributed by atoms with Gasteiger partial charge < -0.3 is 4.42 Å².